The molecule has 0 unspecified atom stereocenters. The van der Waals surface area contributed by atoms with E-state index >= 15 is 0 Å². The quantitative estimate of drug-likeness (QED) is 0.259. The van der Waals surface area contributed by atoms with Crippen molar-refractivity contribution in [2.75, 3.05) is 23.7 Å². The first-order valence-electron chi connectivity index (χ1n) is 10.5. The van der Waals surface area contributed by atoms with Crippen molar-refractivity contribution in [1.29, 1.82) is 0 Å². The van der Waals surface area contributed by atoms with Crippen molar-refractivity contribution < 1.29 is 26.5 Å². The minimum atomic E-state index is -4.46. The summed E-state index contributed by atoms with van der Waals surface area (Å²) < 4.78 is 71.7. The van der Waals surface area contributed by atoms with Crippen LogP contribution in [0.4, 0.5) is 19.7 Å². The summed E-state index contributed by atoms with van der Waals surface area (Å²) >= 11 is 6.97. The zero-order valence-electron chi connectivity index (χ0n) is 19.1. The Balaban J connectivity index is 1.52. The molecule has 3 aromatic carbocycles. The van der Waals surface area contributed by atoms with E-state index in [4.69, 9.17) is 20.9 Å². The van der Waals surface area contributed by atoms with Gasteiger partial charge in [-0.15, -0.1) is 0 Å². The van der Waals surface area contributed by atoms with Gasteiger partial charge >= 0.3 is 0 Å². The van der Waals surface area contributed by atoms with Gasteiger partial charge in [-0.1, -0.05) is 22.8 Å². The minimum absolute atomic E-state index is 0.0897. The number of nitrogens with zero attached hydrogens (tertiary/aromatic N) is 4. The highest BCUT2D eigenvalue weighted by Crippen LogP contribution is 2.39. The Hall–Kier alpha value is -3.81. The van der Waals surface area contributed by atoms with Crippen LogP contribution >= 0.6 is 23.1 Å². The lowest BCUT2D eigenvalue weighted by molar-refractivity contribution is 0.433. The number of benzene rings is 3. The van der Waals surface area contributed by atoms with E-state index < -0.39 is 32.3 Å². The molecule has 9 nitrogen and oxygen atoms in total. The van der Waals surface area contributed by atoms with Crippen LogP contribution in [0.25, 0.3) is 22.1 Å². The number of fused-ring (bicyclic) bond motifs is 1. The van der Waals surface area contributed by atoms with Crippen molar-refractivity contribution in [2.45, 2.75) is 4.90 Å². The van der Waals surface area contributed by atoms with Gasteiger partial charge in [0, 0.05) is 48.3 Å². The molecule has 0 bridgehead atoms. The Morgan fingerprint density at radius 1 is 1.05 bits per heavy atom. The number of rotatable bonds is 7. The highest BCUT2D eigenvalue weighted by Gasteiger charge is 2.24. The molecule has 2 heterocycles. The van der Waals surface area contributed by atoms with E-state index in [2.05, 4.69) is 19.2 Å². The van der Waals surface area contributed by atoms with Crippen LogP contribution < -0.4 is 14.4 Å². The molecule has 0 amide bonds. The van der Waals surface area contributed by atoms with Crippen molar-refractivity contribution in [1.82, 2.24) is 14.5 Å². The first-order chi connectivity index (χ1) is 17.6. The van der Waals surface area contributed by atoms with Gasteiger partial charge in [-0.25, -0.2) is 22.2 Å². The van der Waals surface area contributed by atoms with Crippen LogP contribution in [-0.2, 0) is 10.0 Å². The molecular weight excluding hydrogens is 548 g/mol. The fourth-order valence-corrected chi connectivity index (χ4v) is 5.44. The van der Waals surface area contributed by atoms with Crippen LogP contribution in [0.3, 0.4) is 0 Å². The fraction of sp³-hybridized carbons (Fsp3) is 0.0870. The first-order valence-corrected chi connectivity index (χ1v) is 13.1. The molecular formula is C23H16ClF2N5O4S2. The second kappa shape index (κ2) is 9.57. The molecule has 0 spiro atoms. The Morgan fingerprint density at radius 2 is 1.86 bits per heavy atom. The lowest BCUT2D eigenvalue weighted by Crippen LogP contribution is -2.15. The van der Waals surface area contributed by atoms with Gasteiger partial charge < -0.3 is 14.2 Å². The van der Waals surface area contributed by atoms with Gasteiger partial charge in [0.2, 0.25) is 5.13 Å². The molecule has 5 rings (SSSR count). The Morgan fingerprint density at radius 3 is 2.59 bits per heavy atom. The summed E-state index contributed by atoms with van der Waals surface area (Å²) in [4.78, 5) is 4.57. The molecule has 14 heteroatoms. The Labute approximate surface area is 218 Å². The summed E-state index contributed by atoms with van der Waals surface area (Å²) in [7, 11) is -0.814. The van der Waals surface area contributed by atoms with Gasteiger partial charge in [0.1, 0.15) is 22.8 Å². The van der Waals surface area contributed by atoms with E-state index in [-0.39, 0.29) is 10.9 Å². The third-order valence-corrected chi connectivity index (χ3v) is 7.50. The van der Waals surface area contributed by atoms with Crippen LogP contribution in [-0.4, -0.2) is 37.0 Å². The van der Waals surface area contributed by atoms with Crippen LogP contribution in [0, 0.1) is 11.6 Å². The predicted molar refractivity (Wildman–Crippen MR) is 136 cm³/mol. The molecule has 190 valence electrons. The maximum Gasteiger partial charge on any atom is 0.266 e. The van der Waals surface area contributed by atoms with E-state index in [9.17, 15) is 17.2 Å². The lowest BCUT2D eigenvalue weighted by Gasteiger charge is -2.14. The Bertz CT molecular complexity index is 1730. The van der Waals surface area contributed by atoms with Gasteiger partial charge in [-0.05, 0) is 35.9 Å². The average Bonchev–Trinajstić information content (AvgIpc) is 3.51. The molecule has 37 heavy (non-hydrogen) atoms. The summed E-state index contributed by atoms with van der Waals surface area (Å²) in [5.74, 6) is -2.06. The number of halogens is 3. The van der Waals surface area contributed by atoms with Crippen LogP contribution in [0.5, 0.6) is 11.5 Å². The molecule has 1 N–H and O–H groups in total. The number of hydrogen-bond acceptors (Lipinski definition) is 9. The lowest BCUT2D eigenvalue weighted by atomic mass is 10.0. The number of aromatic nitrogens is 3. The van der Waals surface area contributed by atoms with Crippen molar-refractivity contribution >= 4 is 55.1 Å². The van der Waals surface area contributed by atoms with E-state index in [0.29, 0.717) is 39.7 Å². The number of nitrogens with one attached hydrogen (secondary N) is 1. The average molecular weight is 564 g/mol. The van der Waals surface area contributed by atoms with Gasteiger partial charge in [0.05, 0.1) is 5.39 Å². The normalized spacial score (nSPS) is 11.6. The molecule has 0 saturated heterocycles. The highest BCUT2D eigenvalue weighted by atomic mass is 35.5. The van der Waals surface area contributed by atoms with Crippen molar-refractivity contribution in [3.05, 3.63) is 71.5 Å². The summed E-state index contributed by atoms with van der Waals surface area (Å²) in [5.41, 5.74) is 1.69. The molecule has 0 aliphatic carbocycles. The van der Waals surface area contributed by atoms with E-state index in [1.807, 2.05) is 20.2 Å². The summed E-state index contributed by atoms with van der Waals surface area (Å²) in [6.07, 6.45) is 1.13. The molecule has 0 fully saturated rings. The van der Waals surface area contributed by atoms with Gasteiger partial charge in [0.15, 0.2) is 23.0 Å². The number of sulfonamides is 1. The SMILES string of the molecule is CN(C)c1noc2ccc(-c3cc(Cl)ccc3Oc3cc(F)c(S(=O)(=O)Nc4ncns4)cc3F)cc12. The number of hydrogen-bond donors (Lipinski definition) is 1. The molecule has 0 aliphatic heterocycles. The monoisotopic (exact) mass is 563 g/mol. The van der Waals surface area contributed by atoms with Crippen molar-refractivity contribution in [3.8, 4) is 22.6 Å². The van der Waals surface area contributed by atoms with E-state index in [1.165, 1.54) is 12.1 Å². The zero-order chi connectivity index (χ0) is 26.3. The molecule has 0 radical (unpaired) electrons. The topological polar surface area (TPSA) is 110 Å². The van der Waals surface area contributed by atoms with E-state index in [0.717, 1.165) is 23.2 Å². The highest BCUT2D eigenvalue weighted by molar-refractivity contribution is 7.93. The summed E-state index contributed by atoms with van der Waals surface area (Å²) in [6.45, 7) is 0. The molecule has 0 aliphatic rings. The van der Waals surface area contributed by atoms with Crippen LogP contribution in [0.2, 0.25) is 5.02 Å². The maximum atomic E-state index is 15.0. The molecule has 0 atom stereocenters. The third kappa shape index (κ3) is 4.92. The Kier molecular flexibility index (Phi) is 6.43. The maximum absolute atomic E-state index is 15.0. The minimum Gasteiger partial charge on any atom is -0.454 e. The number of ether oxygens (including phenoxy) is 1. The second-order valence-corrected chi connectivity index (χ2v) is 10.8. The third-order valence-electron chi connectivity index (χ3n) is 5.21. The largest absolute Gasteiger partial charge is 0.454 e. The smallest absolute Gasteiger partial charge is 0.266 e. The standard InChI is InChI=1S/C23H16ClF2N5O4S2/c1-31(2)22-15-7-12(3-5-19(15)35-29-22)14-8-13(24)4-6-18(14)34-20-9-17(26)21(10-16(20)25)37(32,33)30-23-27-11-28-36-23/h3-11H,1-2H3,(H,27,28,30). The summed E-state index contributed by atoms with van der Waals surface area (Å²) in [5, 5.41) is 5.07. The number of anilines is 2. The fourth-order valence-electron chi connectivity index (χ4n) is 3.53. The molecule has 5 aromatic rings. The van der Waals surface area contributed by atoms with Gasteiger partial charge in [-0.2, -0.15) is 4.37 Å². The zero-order valence-corrected chi connectivity index (χ0v) is 21.5. The summed E-state index contributed by atoms with van der Waals surface area (Å²) in [6, 6.07) is 11.1. The second-order valence-electron chi connectivity index (χ2n) is 7.92. The van der Waals surface area contributed by atoms with Gasteiger partial charge in [0.25, 0.3) is 10.0 Å². The van der Waals surface area contributed by atoms with Crippen LogP contribution in [0.1, 0.15) is 0 Å². The molecule has 2 aromatic heterocycles. The van der Waals surface area contributed by atoms with Crippen molar-refractivity contribution in [3.63, 3.8) is 0 Å². The van der Waals surface area contributed by atoms with E-state index in [1.54, 1.807) is 23.1 Å². The van der Waals surface area contributed by atoms with Crippen LogP contribution in [0.15, 0.2) is 64.3 Å². The first kappa shape index (κ1) is 24.9. The van der Waals surface area contributed by atoms with Gasteiger partial charge in [-0.3, -0.25) is 4.72 Å². The molecule has 0 saturated carbocycles. The van der Waals surface area contributed by atoms with Crippen molar-refractivity contribution in [2.24, 2.45) is 0 Å². The predicted octanol–water partition coefficient (Wildman–Crippen LogP) is 5.94.